The molecule has 0 aliphatic rings. The summed E-state index contributed by atoms with van der Waals surface area (Å²) in [5.74, 6) is 0.233. The molecule has 21 heavy (non-hydrogen) atoms. The Labute approximate surface area is 129 Å². The number of benzene rings is 1. The number of hydrogen-bond donors (Lipinski definition) is 1. The van der Waals surface area contributed by atoms with E-state index in [0.717, 1.165) is 19.6 Å². The summed E-state index contributed by atoms with van der Waals surface area (Å²) in [6.45, 7) is 15.0. The summed E-state index contributed by atoms with van der Waals surface area (Å²) < 4.78 is 0. The van der Waals surface area contributed by atoms with Crippen molar-refractivity contribution in [1.82, 2.24) is 10.2 Å². The molecule has 0 saturated heterocycles. The molecule has 0 aliphatic heterocycles. The zero-order valence-electron chi connectivity index (χ0n) is 14.4. The standard InChI is InChI=1S/C18H30N2O/c1-7-20(8-2)18(21)9-10-19-16(6)17-12-14(4)13(3)11-15(17)5/h11-12,16,19H,7-10H2,1-6H3. The summed E-state index contributed by atoms with van der Waals surface area (Å²) in [4.78, 5) is 13.9. The normalized spacial score (nSPS) is 12.3. The van der Waals surface area contributed by atoms with Crippen molar-refractivity contribution in [2.24, 2.45) is 0 Å². The number of nitrogens with zero attached hydrogens (tertiary/aromatic N) is 1. The molecule has 118 valence electrons. The highest BCUT2D eigenvalue weighted by atomic mass is 16.2. The van der Waals surface area contributed by atoms with Crippen LogP contribution in [0.4, 0.5) is 0 Å². The molecular weight excluding hydrogens is 260 g/mol. The number of nitrogens with one attached hydrogen (secondary N) is 1. The van der Waals surface area contributed by atoms with Gasteiger partial charge in [-0.05, 0) is 63.8 Å². The van der Waals surface area contributed by atoms with Crippen LogP contribution in [0.2, 0.25) is 0 Å². The summed E-state index contributed by atoms with van der Waals surface area (Å²) in [7, 11) is 0. The fourth-order valence-electron chi connectivity index (χ4n) is 2.69. The van der Waals surface area contributed by atoms with E-state index in [-0.39, 0.29) is 11.9 Å². The van der Waals surface area contributed by atoms with Crippen molar-refractivity contribution < 1.29 is 4.79 Å². The van der Waals surface area contributed by atoms with Crippen LogP contribution in [0.5, 0.6) is 0 Å². The highest BCUT2D eigenvalue weighted by Crippen LogP contribution is 2.21. The number of carbonyl (C=O) groups excluding carboxylic acids is 1. The van der Waals surface area contributed by atoms with Gasteiger partial charge >= 0.3 is 0 Å². The number of aryl methyl sites for hydroxylation is 3. The van der Waals surface area contributed by atoms with Crippen LogP contribution in [-0.2, 0) is 4.79 Å². The lowest BCUT2D eigenvalue weighted by Crippen LogP contribution is -2.33. The minimum absolute atomic E-state index is 0.233. The number of amides is 1. The van der Waals surface area contributed by atoms with Crippen LogP contribution < -0.4 is 5.32 Å². The van der Waals surface area contributed by atoms with Crippen molar-refractivity contribution in [1.29, 1.82) is 0 Å². The predicted molar refractivity (Wildman–Crippen MR) is 89.6 cm³/mol. The van der Waals surface area contributed by atoms with Gasteiger partial charge in [0, 0.05) is 32.1 Å². The third kappa shape index (κ3) is 4.85. The Morgan fingerprint density at radius 3 is 2.24 bits per heavy atom. The van der Waals surface area contributed by atoms with Gasteiger partial charge in [-0.1, -0.05) is 12.1 Å². The van der Waals surface area contributed by atoms with Gasteiger partial charge in [0.2, 0.25) is 5.91 Å². The van der Waals surface area contributed by atoms with E-state index in [4.69, 9.17) is 0 Å². The van der Waals surface area contributed by atoms with Crippen LogP contribution in [0.15, 0.2) is 12.1 Å². The molecule has 0 fully saturated rings. The van der Waals surface area contributed by atoms with Crippen molar-refractivity contribution in [2.75, 3.05) is 19.6 Å². The van der Waals surface area contributed by atoms with Gasteiger partial charge in [0.25, 0.3) is 0 Å². The van der Waals surface area contributed by atoms with Gasteiger partial charge in [-0.25, -0.2) is 0 Å². The smallest absolute Gasteiger partial charge is 0.223 e. The first-order chi connectivity index (χ1) is 9.90. The second kappa shape index (κ2) is 8.18. The largest absolute Gasteiger partial charge is 0.343 e. The van der Waals surface area contributed by atoms with E-state index in [1.54, 1.807) is 0 Å². The Morgan fingerprint density at radius 2 is 1.67 bits per heavy atom. The van der Waals surface area contributed by atoms with Crippen LogP contribution in [0.25, 0.3) is 0 Å². The van der Waals surface area contributed by atoms with Crippen molar-refractivity contribution in [3.8, 4) is 0 Å². The molecule has 1 amide bonds. The molecule has 0 spiro atoms. The van der Waals surface area contributed by atoms with Gasteiger partial charge in [0.1, 0.15) is 0 Å². The van der Waals surface area contributed by atoms with E-state index in [2.05, 4.69) is 45.1 Å². The number of rotatable bonds is 7. The first-order valence-corrected chi connectivity index (χ1v) is 7.99. The van der Waals surface area contributed by atoms with E-state index in [1.165, 1.54) is 22.3 Å². The zero-order chi connectivity index (χ0) is 16.0. The second-order valence-electron chi connectivity index (χ2n) is 5.78. The third-order valence-electron chi connectivity index (χ3n) is 4.25. The second-order valence-corrected chi connectivity index (χ2v) is 5.78. The maximum atomic E-state index is 12.0. The van der Waals surface area contributed by atoms with Crippen molar-refractivity contribution in [2.45, 2.75) is 54.0 Å². The van der Waals surface area contributed by atoms with E-state index in [0.29, 0.717) is 6.42 Å². The minimum atomic E-state index is 0.233. The highest BCUT2D eigenvalue weighted by Gasteiger charge is 2.12. The van der Waals surface area contributed by atoms with Gasteiger partial charge in [0.05, 0.1) is 0 Å². The summed E-state index contributed by atoms with van der Waals surface area (Å²) in [6.07, 6.45) is 0.565. The average molecular weight is 290 g/mol. The molecule has 0 aromatic heterocycles. The van der Waals surface area contributed by atoms with Gasteiger partial charge in [-0.3, -0.25) is 4.79 Å². The minimum Gasteiger partial charge on any atom is -0.343 e. The fourth-order valence-corrected chi connectivity index (χ4v) is 2.69. The molecule has 3 nitrogen and oxygen atoms in total. The molecule has 0 saturated carbocycles. The van der Waals surface area contributed by atoms with Crippen LogP contribution in [-0.4, -0.2) is 30.4 Å². The molecule has 1 atom stereocenters. The maximum Gasteiger partial charge on any atom is 0.223 e. The first-order valence-electron chi connectivity index (χ1n) is 7.99. The lowest BCUT2D eigenvalue weighted by atomic mass is 9.96. The average Bonchev–Trinajstić information content (AvgIpc) is 2.44. The Balaban J connectivity index is 2.57. The van der Waals surface area contributed by atoms with Gasteiger partial charge < -0.3 is 10.2 Å². The van der Waals surface area contributed by atoms with E-state index >= 15 is 0 Å². The highest BCUT2D eigenvalue weighted by molar-refractivity contribution is 5.76. The molecule has 0 aliphatic carbocycles. The molecule has 0 heterocycles. The molecule has 1 aromatic carbocycles. The lowest BCUT2D eigenvalue weighted by Gasteiger charge is -2.21. The molecule has 1 N–H and O–H groups in total. The van der Waals surface area contributed by atoms with Crippen LogP contribution in [0, 0.1) is 20.8 Å². The summed E-state index contributed by atoms with van der Waals surface area (Å²) in [5, 5.41) is 3.47. The zero-order valence-corrected chi connectivity index (χ0v) is 14.4. The lowest BCUT2D eigenvalue weighted by molar-refractivity contribution is -0.130. The topological polar surface area (TPSA) is 32.3 Å². The van der Waals surface area contributed by atoms with Crippen molar-refractivity contribution in [3.63, 3.8) is 0 Å². The van der Waals surface area contributed by atoms with Crippen molar-refractivity contribution in [3.05, 3.63) is 34.4 Å². The quantitative estimate of drug-likeness (QED) is 0.833. The third-order valence-corrected chi connectivity index (χ3v) is 4.25. The van der Waals surface area contributed by atoms with Crippen LogP contribution in [0.1, 0.15) is 55.5 Å². The van der Waals surface area contributed by atoms with E-state index in [9.17, 15) is 4.79 Å². The summed E-state index contributed by atoms with van der Waals surface area (Å²) in [6, 6.07) is 4.77. The Morgan fingerprint density at radius 1 is 1.10 bits per heavy atom. The molecule has 3 heteroatoms. The Kier molecular flexibility index (Phi) is 6.90. The molecule has 1 rings (SSSR count). The van der Waals surface area contributed by atoms with Gasteiger partial charge in [0.15, 0.2) is 0 Å². The molecule has 1 aromatic rings. The van der Waals surface area contributed by atoms with E-state index < -0.39 is 0 Å². The van der Waals surface area contributed by atoms with E-state index in [1.807, 2.05) is 18.7 Å². The SMILES string of the molecule is CCN(CC)C(=O)CCNC(C)c1cc(C)c(C)cc1C. The molecule has 1 unspecified atom stereocenters. The maximum absolute atomic E-state index is 12.0. The molecular formula is C18H30N2O. The molecule has 0 radical (unpaired) electrons. The fraction of sp³-hybridized carbons (Fsp3) is 0.611. The predicted octanol–water partition coefficient (Wildman–Crippen LogP) is 3.52. The first kappa shape index (κ1) is 17.7. The molecule has 0 bridgehead atoms. The number of hydrogen-bond acceptors (Lipinski definition) is 2. The van der Waals surface area contributed by atoms with Gasteiger partial charge in [-0.15, -0.1) is 0 Å². The summed E-state index contributed by atoms with van der Waals surface area (Å²) >= 11 is 0. The monoisotopic (exact) mass is 290 g/mol. The Hall–Kier alpha value is -1.35. The van der Waals surface area contributed by atoms with Crippen LogP contribution >= 0.6 is 0 Å². The summed E-state index contributed by atoms with van der Waals surface area (Å²) in [5.41, 5.74) is 5.30. The Bertz CT molecular complexity index is 478. The van der Waals surface area contributed by atoms with Gasteiger partial charge in [-0.2, -0.15) is 0 Å². The van der Waals surface area contributed by atoms with Crippen LogP contribution in [0.3, 0.4) is 0 Å². The number of carbonyl (C=O) groups is 1. The van der Waals surface area contributed by atoms with Crippen molar-refractivity contribution >= 4 is 5.91 Å².